The van der Waals surface area contributed by atoms with Crippen molar-refractivity contribution >= 4 is 0 Å². The maximum Gasteiger partial charge on any atom is 0.0445 e. The summed E-state index contributed by atoms with van der Waals surface area (Å²) in [6.07, 6.45) is 6.14. The number of likely N-dealkylation sites (tertiary alicyclic amines) is 1. The minimum absolute atomic E-state index is 0.336. The molecule has 1 N–H and O–H groups in total. The molecule has 2 atom stereocenters. The average Bonchev–Trinajstić information content (AvgIpc) is 2.38. The van der Waals surface area contributed by atoms with Gasteiger partial charge in [-0.3, -0.25) is 4.90 Å². The SMILES string of the molecule is OCCC1CCCCN1CC1Cc2ccccc21. The molecule has 1 heterocycles. The lowest BCUT2D eigenvalue weighted by Crippen LogP contribution is -2.44. The van der Waals surface area contributed by atoms with E-state index in [0.717, 1.165) is 12.3 Å². The van der Waals surface area contributed by atoms with Gasteiger partial charge >= 0.3 is 0 Å². The number of hydrogen-bond donors (Lipinski definition) is 1. The summed E-state index contributed by atoms with van der Waals surface area (Å²) in [5.74, 6) is 0.737. The van der Waals surface area contributed by atoms with Gasteiger partial charge in [-0.25, -0.2) is 0 Å². The van der Waals surface area contributed by atoms with Gasteiger partial charge in [0.05, 0.1) is 0 Å². The molecule has 0 aromatic heterocycles. The summed E-state index contributed by atoms with van der Waals surface area (Å²) < 4.78 is 0. The molecule has 0 radical (unpaired) electrons. The van der Waals surface area contributed by atoms with Gasteiger partial charge in [-0.2, -0.15) is 0 Å². The van der Waals surface area contributed by atoms with E-state index < -0.39 is 0 Å². The van der Waals surface area contributed by atoms with Crippen LogP contribution in [0, 0.1) is 0 Å². The lowest BCUT2D eigenvalue weighted by Gasteiger charge is -2.41. The first-order valence-electron chi connectivity index (χ1n) is 7.31. The molecule has 1 saturated heterocycles. The Hall–Kier alpha value is -0.860. The topological polar surface area (TPSA) is 23.5 Å². The molecule has 2 nitrogen and oxygen atoms in total. The van der Waals surface area contributed by atoms with E-state index in [-0.39, 0.29) is 0 Å². The number of fused-ring (bicyclic) bond motifs is 1. The zero-order chi connectivity index (χ0) is 12.4. The highest BCUT2D eigenvalue weighted by Crippen LogP contribution is 2.36. The molecule has 1 aromatic rings. The zero-order valence-electron chi connectivity index (χ0n) is 11.0. The Labute approximate surface area is 110 Å². The van der Waals surface area contributed by atoms with Crippen molar-refractivity contribution < 1.29 is 5.11 Å². The van der Waals surface area contributed by atoms with Crippen LogP contribution in [0.2, 0.25) is 0 Å². The van der Waals surface area contributed by atoms with E-state index in [1.54, 1.807) is 11.1 Å². The average molecular weight is 245 g/mol. The number of rotatable bonds is 4. The van der Waals surface area contributed by atoms with Gasteiger partial charge in [-0.15, -0.1) is 0 Å². The Kier molecular flexibility index (Phi) is 3.67. The first-order chi connectivity index (χ1) is 8.88. The highest BCUT2D eigenvalue weighted by atomic mass is 16.3. The predicted octanol–water partition coefficient (Wildman–Crippen LogP) is 2.56. The fraction of sp³-hybridized carbons (Fsp3) is 0.625. The lowest BCUT2D eigenvalue weighted by molar-refractivity contribution is 0.109. The van der Waals surface area contributed by atoms with Crippen LogP contribution in [0.3, 0.4) is 0 Å². The molecule has 98 valence electrons. The lowest BCUT2D eigenvalue weighted by atomic mass is 9.77. The van der Waals surface area contributed by atoms with Gasteiger partial charge in [0.25, 0.3) is 0 Å². The zero-order valence-corrected chi connectivity index (χ0v) is 11.0. The van der Waals surface area contributed by atoms with E-state index in [0.29, 0.717) is 12.6 Å². The minimum atomic E-state index is 0.336. The monoisotopic (exact) mass is 245 g/mol. The van der Waals surface area contributed by atoms with Crippen LogP contribution in [0.1, 0.15) is 42.7 Å². The van der Waals surface area contributed by atoms with Crippen LogP contribution in [0.5, 0.6) is 0 Å². The third kappa shape index (κ3) is 2.32. The molecule has 2 aliphatic rings. The van der Waals surface area contributed by atoms with Crippen molar-refractivity contribution in [1.82, 2.24) is 4.90 Å². The van der Waals surface area contributed by atoms with Crippen LogP contribution in [0.25, 0.3) is 0 Å². The van der Waals surface area contributed by atoms with Crippen LogP contribution in [-0.2, 0) is 6.42 Å². The molecule has 18 heavy (non-hydrogen) atoms. The first-order valence-corrected chi connectivity index (χ1v) is 7.31. The Morgan fingerprint density at radius 1 is 1.22 bits per heavy atom. The van der Waals surface area contributed by atoms with E-state index >= 15 is 0 Å². The third-order valence-corrected chi connectivity index (χ3v) is 4.63. The Balaban J connectivity index is 1.62. The van der Waals surface area contributed by atoms with Crippen molar-refractivity contribution in [1.29, 1.82) is 0 Å². The highest BCUT2D eigenvalue weighted by Gasteiger charge is 2.30. The van der Waals surface area contributed by atoms with Crippen LogP contribution < -0.4 is 0 Å². The molecule has 0 spiro atoms. The molecular formula is C16H23NO. The number of hydrogen-bond acceptors (Lipinski definition) is 2. The molecular weight excluding hydrogens is 222 g/mol. The van der Waals surface area contributed by atoms with Gasteiger partial charge in [-0.05, 0) is 43.4 Å². The predicted molar refractivity (Wildman–Crippen MR) is 73.8 cm³/mol. The molecule has 0 bridgehead atoms. The van der Waals surface area contributed by atoms with Crippen molar-refractivity contribution in [3.05, 3.63) is 35.4 Å². The highest BCUT2D eigenvalue weighted by molar-refractivity contribution is 5.40. The normalized spacial score (nSPS) is 27.6. The maximum atomic E-state index is 9.17. The number of piperidine rings is 1. The van der Waals surface area contributed by atoms with Crippen LogP contribution in [-0.4, -0.2) is 35.7 Å². The van der Waals surface area contributed by atoms with Crippen LogP contribution >= 0.6 is 0 Å². The molecule has 2 heteroatoms. The molecule has 3 rings (SSSR count). The molecule has 2 unspecified atom stereocenters. The molecule has 0 amide bonds. The second-order valence-corrected chi connectivity index (χ2v) is 5.76. The number of benzene rings is 1. The Bertz CT molecular complexity index is 402. The van der Waals surface area contributed by atoms with Gasteiger partial charge in [0, 0.05) is 25.1 Å². The molecule has 1 fully saturated rings. The van der Waals surface area contributed by atoms with Gasteiger partial charge in [-0.1, -0.05) is 30.7 Å². The van der Waals surface area contributed by atoms with Gasteiger partial charge in [0.15, 0.2) is 0 Å². The van der Waals surface area contributed by atoms with Gasteiger partial charge < -0.3 is 5.11 Å². The van der Waals surface area contributed by atoms with Crippen LogP contribution in [0.4, 0.5) is 0 Å². The fourth-order valence-electron chi connectivity index (χ4n) is 3.58. The van der Waals surface area contributed by atoms with Crippen molar-refractivity contribution in [3.63, 3.8) is 0 Å². The van der Waals surface area contributed by atoms with E-state index in [1.165, 1.54) is 38.8 Å². The quantitative estimate of drug-likeness (QED) is 0.881. The standard InChI is InChI=1S/C16H23NO/c18-10-8-15-6-3-4-9-17(15)12-14-11-13-5-1-2-7-16(13)14/h1-2,5,7,14-15,18H,3-4,6,8-12H2. The fourth-order valence-corrected chi connectivity index (χ4v) is 3.58. The second-order valence-electron chi connectivity index (χ2n) is 5.76. The van der Waals surface area contributed by atoms with E-state index in [4.69, 9.17) is 0 Å². The Morgan fingerprint density at radius 3 is 2.94 bits per heavy atom. The number of nitrogens with zero attached hydrogens (tertiary/aromatic N) is 1. The van der Waals surface area contributed by atoms with Gasteiger partial charge in [0.2, 0.25) is 0 Å². The summed E-state index contributed by atoms with van der Waals surface area (Å²) >= 11 is 0. The summed E-state index contributed by atoms with van der Waals surface area (Å²) in [5, 5.41) is 9.17. The summed E-state index contributed by atoms with van der Waals surface area (Å²) in [4.78, 5) is 2.63. The Morgan fingerprint density at radius 2 is 2.11 bits per heavy atom. The summed E-state index contributed by atoms with van der Waals surface area (Å²) in [6.45, 7) is 2.76. The smallest absolute Gasteiger partial charge is 0.0445 e. The maximum absolute atomic E-state index is 9.17. The van der Waals surface area contributed by atoms with Crippen LogP contribution in [0.15, 0.2) is 24.3 Å². The molecule has 1 aromatic carbocycles. The van der Waals surface area contributed by atoms with E-state index in [9.17, 15) is 5.11 Å². The first kappa shape index (κ1) is 12.2. The van der Waals surface area contributed by atoms with Crippen molar-refractivity contribution in [2.24, 2.45) is 0 Å². The molecule has 1 aliphatic heterocycles. The molecule has 0 saturated carbocycles. The van der Waals surface area contributed by atoms with Crippen molar-refractivity contribution in [3.8, 4) is 0 Å². The number of aliphatic hydroxyl groups excluding tert-OH is 1. The minimum Gasteiger partial charge on any atom is -0.396 e. The number of aliphatic hydroxyl groups is 1. The van der Waals surface area contributed by atoms with Crippen molar-refractivity contribution in [2.75, 3.05) is 19.7 Å². The van der Waals surface area contributed by atoms with E-state index in [1.807, 2.05) is 0 Å². The van der Waals surface area contributed by atoms with E-state index in [2.05, 4.69) is 29.2 Å². The second kappa shape index (κ2) is 5.41. The summed E-state index contributed by atoms with van der Waals surface area (Å²) in [6, 6.07) is 9.47. The summed E-state index contributed by atoms with van der Waals surface area (Å²) in [5.41, 5.74) is 3.10. The third-order valence-electron chi connectivity index (χ3n) is 4.63. The largest absolute Gasteiger partial charge is 0.396 e. The van der Waals surface area contributed by atoms with Crippen molar-refractivity contribution in [2.45, 2.75) is 44.1 Å². The summed E-state index contributed by atoms with van der Waals surface area (Å²) in [7, 11) is 0. The van der Waals surface area contributed by atoms with Gasteiger partial charge in [0.1, 0.15) is 0 Å². The molecule has 1 aliphatic carbocycles.